The Bertz CT molecular complexity index is 954. The zero-order valence-corrected chi connectivity index (χ0v) is 18.1. The number of likely N-dealkylation sites (N-methyl/N-ethyl adjacent to an activating group) is 1. The number of carbonyl (C=O) groups is 2. The van der Waals surface area contributed by atoms with Crippen molar-refractivity contribution >= 4 is 33.4 Å². The fourth-order valence-corrected chi connectivity index (χ4v) is 3.60. The zero-order valence-electron chi connectivity index (χ0n) is 16.6. The van der Waals surface area contributed by atoms with Crippen LogP contribution in [0.4, 0.5) is 0 Å². The van der Waals surface area contributed by atoms with Crippen molar-refractivity contribution in [3.05, 3.63) is 69.7 Å². The van der Waals surface area contributed by atoms with Crippen LogP contribution in [0.2, 0.25) is 0 Å². The molecule has 152 valence electrons. The number of amides is 1. The van der Waals surface area contributed by atoms with Crippen LogP contribution in [0.25, 0.3) is 5.76 Å². The van der Waals surface area contributed by atoms with Gasteiger partial charge in [-0.3, -0.25) is 9.59 Å². The van der Waals surface area contributed by atoms with Crippen LogP contribution in [-0.4, -0.2) is 60.9 Å². The van der Waals surface area contributed by atoms with Crippen LogP contribution in [0.15, 0.2) is 58.6 Å². The molecule has 1 atom stereocenters. The number of hydrogen-bond donors (Lipinski definition) is 1. The number of ether oxygens (including phenoxy) is 1. The highest BCUT2D eigenvalue weighted by Gasteiger charge is 2.45. The molecule has 0 bridgehead atoms. The fourth-order valence-electron chi connectivity index (χ4n) is 3.34. The molecule has 0 saturated carbocycles. The van der Waals surface area contributed by atoms with E-state index < -0.39 is 17.7 Å². The summed E-state index contributed by atoms with van der Waals surface area (Å²) >= 11 is 3.41. The molecular formula is C22H23BrN2O4. The first-order chi connectivity index (χ1) is 13.8. The molecule has 0 aromatic heterocycles. The normalized spacial score (nSPS) is 18.5. The Hall–Kier alpha value is -2.64. The van der Waals surface area contributed by atoms with Gasteiger partial charge in [0.2, 0.25) is 0 Å². The molecule has 1 heterocycles. The Morgan fingerprint density at radius 1 is 1.17 bits per heavy atom. The second kappa shape index (κ2) is 8.80. The molecule has 0 unspecified atom stereocenters. The molecule has 6 nitrogen and oxygen atoms in total. The van der Waals surface area contributed by atoms with E-state index in [0.29, 0.717) is 24.4 Å². The Morgan fingerprint density at radius 2 is 1.86 bits per heavy atom. The Kier molecular flexibility index (Phi) is 6.39. The number of methoxy groups -OCH3 is 1. The number of Topliss-reactive ketones (excluding diaryl/α,β-unsaturated/α-hetero) is 1. The van der Waals surface area contributed by atoms with Crippen molar-refractivity contribution in [1.82, 2.24) is 9.80 Å². The summed E-state index contributed by atoms with van der Waals surface area (Å²) in [7, 11) is 5.34. The number of nitrogens with zero attached hydrogens (tertiary/aromatic N) is 2. The fraction of sp³-hybridized carbons (Fsp3) is 0.273. The summed E-state index contributed by atoms with van der Waals surface area (Å²) < 4.78 is 6.11. The van der Waals surface area contributed by atoms with Gasteiger partial charge in [-0.2, -0.15) is 0 Å². The molecule has 1 fully saturated rings. The van der Waals surface area contributed by atoms with Crippen LogP contribution in [0, 0.1) is 0 Å². The van der Waals surface area contributed by atoms with Gasteiger partial charge >= 0.3 is 0 Å². The van der Waals surface area contributed by atoms with E-state index in [9.17, 15) is 14.7 Å². The third-order valence-corrected chi connectivity index (χ3v) is 5.39. The maximum atomic E-state index is 12.9. The van der Waals surface area contributed by atoms with E-state index in [1.54, 1.807) is 24.3 Å². The summed E-state index contributed by atoms with van der Waals surface area (Å²) in [5.74, 6) is -0.945. The maximum Gasteiger partial charge on any atom is 0.295 e. The first-order valence-corrected chi connectivity index (χ1v) is 9.95. The molecular weight excluding hydrogens is 436 g/mol. The first-order valence-electron chi connectivity index (χ1n) is 9.16. The molecule has 2 aromatic rings. The number of halogens is 1. The number of benzene rings is 2. The standard InChI is InChI=1S/C22H23BrN2O4/c1-24(2)11-12-25-19(14-7-9-16(23)10-8-14)18(21(27)22(25)28)20(26)15-5-4-6-17(13-15)29-3/h4-10,13,19,26H,11-12H2,1-3H3/t19-/m1/s1. The van der Waals surface area contributed by atoms with Gasteiger partial charge in [0.25, 0.3) is 11.7 Å². The lowest BCUT2D eigenvalue weighted by molar-refractivity contribution is -0.140. The number of aliphatic hydroxyl groups is 1. The van der Waals surface area contributed by atoms with Crippen LogP contribution in [-0.2, 0) is 9.59 Å². The molecule has 1 aliphatic rings. The Balaban J connectivity index is 2.14. The van der Waals surface area contributed by atoms with Crippen LogP contribution in [0.5, 0.6) is 5.75 Å². The molecule has 1 aliphatic heterocycles. The maximum absolute atomic E-state index is 12.9. The van der Waals surface area contributed by atoms with Crippen molar-refractivity contribution in [1.29, 1.82) is 0 Å². The van der Waals surface area contributed by atoms with Gasteiger partial charge in [0.1, 0.15) is 11.5 Å². The topological polar surface area (TPSA) is 70.1 Å². The first kappa shape index (κ1) is 21.1. The average molecular weight is 459 g/mol. The number of ketones is 1. The molecule has 2 aromatic carbocycles. The lowest BCUT2D eigenvalue weighted by Gasteiger charge is -2.26. The summed E-state index contributed by atoms with van der Waals surface area (Å²) in [4.78, 5) is 29.2. The number of carbonyl (C=O) groups excluding carboxylic acids is 2. The van der Waals surface area contributed by atoms with Crippen molar-refractivity contribution in [3.63, 3.8) is 0 Å². The monoisotopic (exact) mass is 458 g/mol. The van der Waals surface area contributed by atoms with Gasteiger partial charge in [0.15, 0.2) is 0 Å². The molecule has 1 N–H and O–H groups in total. The van der Waals surface area contributed by atoms with E-state index in [0.717, 1.165) is 10.0 Å². The average Bonchev–Trinajstić information content (AvgIpc) is 2.97. The molecule has 0 radical (unpaired) electrons. The van der Waals surface area contributed by atoms with E-state index in [1.807, 2.05) is 43.3 Å². The molecule has 0 spiro atoms. The van der Waals surface area contributed by atoms with E-state index in [1.165, 1.54) is 12.0 Å². The van der Waals surface area contributed by atoms with Gasteiger partial charge in [-0.25, -0.2) is 0 Å². The van der Waals surface area contributed by atoms with E-state index in [2.05, 4.69) is 15.9 Å². The van der Waals surface area contributed by atoms with Crippen LogP contribution in [0.1, 0.15) is 17.2 Å². The lowest BCUT2D eigenvalue weighted by Crippen LogP contribution is -2.35. The zero-order chi connectivity index (χ0) is 21.1. The van der Waals surface area contributed by atoms with Gasteiger partial charge in [-0.15, -0.1) is 0 Å². The van der Waals surface area contributed by atoms with Gasteiger partial charge in [0.05, 0.1) is 18.7 Å². The molecule has 29 heavy (non-hydrogen) atoms. The smallest absolute Gasteiger partial charge is 0.295 e. The Labute approximate surface area is 178 Å². The van der Waals surface area contributed by atoms with Gasteiger partial charge in [-0.1, -0.05) is 40.2 Å². The van der Waals surface area contributed by atoms with Gasteiger partial charge in [-0.05, 0) is 43.9 Å². The van der Waals surface area contributed by atoms with Gasteiger partial charge < -0.3 is 19.6 Å². The summed E-state index contributed by atoms with van der Waals surface area (Å²) in [6.45, 7) is 0.965. The van der Waals surface area contributed by atoms with Crippen LogP contribution >= 0.6 is 15.9 Å². The Morgan fingerprint density at radius 3 is 2.48 bits per heavy atom. The minimum Gasteiger partial charge on any atom is -0.507 e. The summed E-state index contributed by atoms with van der Waals surface area (Å²) in [5.41, 5.74) is 1.28. The van der Waals surface area contributed by atoms with Crippen molar-refractivity contribution in [2.24, 2.45) is 0 Å². The number of likely N-dealkylation sites (tertiary alicyclic amines) is 1. The van der Waals surface area contributed by atoms with Crippen molar-refractivity contribution in [3.8, 4) is 5.75 Å². The number of hydrogen-bond acceptors (Lipinski definition) is 5. The lowest BCUT2D eigenvalue weighted by atomic mass is 9.95. The van der Waals surface area contributed by atoms with Crippen LogP contribution < -0.4 is 4.74 Å². The largest absolute Gasteiger partial charge is 0.507 e. The predicted octanol–water partition coefficient (Wildman–Crippen LogP) is 3.44. The van der Waals surface area contributed by atoms with Crippen LogP contribution in [0.3, 0.4) is 0 Å². The quantitative estimate of drug-likeness (QED) is 0.407. The second-order valence-electron chi connectivity index (χ2n) is 7.08. The molecule has 7 heteroatoms. The third-order valence-electron chi connectivity index (χ3n) is 4.86. The summed E-state index contributed by atoms with van der Waals surface area (Å²) in [6.07, 6.45) is 0. The van der Waals surface area contributed by atoms with Crippen molar-refractivity contribution < 1.29 is 19.4 Å². The molecule has 1 saturated heterocycles. The highest BCUT2D eigenvalue weighted by Crippen LogP contribution is 2.39. The van der Waals surface area contributed by atoms with E-state index in [4.69, 9.17) is 4.74 Å². The van der Waals surface area contributed by atoms with E-state index in [-0.39, 0.29) is 11.3 Å². The van der Waals surface area contributed by atoms with Crippen molar-refractivity contribution in [2.45, 2.75) is 6.04 Å². The highest BCUT2D eigenvalue weighted by molar-refractivity contribution is 9.10. The van der Waals surface area contributed by atoms with E-state index >= 15 is 0 Å². The molecule has 3 rings (SSSR count). The predicted molar refractivity (Wildman–Crippen MR) is 115 cm³/mol. The number of rotatable bonds is 6. The molecule has 0 aliphatic carbocycles. The minimum atomic E-state index is -0.683. The number of aliphatic hydroxyl groups excluding tert-OH is 1. The second-order valence-corrected chi connectivity index (χ2v) is 7.99. The SMILES string of the molecule is COc1cccc(C(O)=C2C(=O)C(=O)N(CCN(C)C)[C@@H]2c2ccc(Br)cc2)c1. The summed E-state index contributed by atoms with van der Waals surface area (Å²) in [6, 6.07) is 13.5. The minimum absolute atomic E-state index is 0.0873. The summed E-state index contributed by atoms with van der Waals surface area (Å²) in [5, 5.41) is 11.0. The highest BCUT2D eigenvalue weighted by atomic mass is 79.9. The van der Waals surface area contributed by atoms with Gasteiger partial charge in [0, 0.05) is 23.1 Å². The molecule has 1 amide bonds. The van der Waals surface area contributed by atoms with Crippen molar-refractivity contribution in [2.75, 3.05) is 34.3 Å². The third kappa shape index (κ3) is 4.36.